The zero-order valence-electron chi connectivity index (χ0n) is 17.8. The van der Waals surface area contributed by atoms with Gasteiger partial charge in [0.15, 0.2) is 0 Å². The Morgan fingerprint density at radius 2 is 2.06 bits per heavy atom. The Balaban J connectivity index is 1.54. The highest BCUT2D eigenvalue weighted by Crippen LogP contribution is 2.35. The Bertz CT molecular complexity index is 1290. The molecule has 162 valence electrons. The highest BCUT2D eigenvalue weighted by molar-refractivity contribution is 6.37. The van der Waals surface area contributed by atoms with Gasteiger partial charge in [-0.2, -0.15) is 5.26 Å². The fraction of sp³-hybridized carbons (Fsp3) is 0.391. The van der Waals surface area contributed by atoms with Crippen LogP contribution in [0.15, 0.2) is 12.3 Å². The van der Waals surface area contributed by atoms with Gasteiger partial charge >= 0.3 is 0 Å². The number of nitrogens with zero attached hydrogens (tertiary/aromatic N) is 6. The number of nitrogens with two attached hydrogens (primary N) is 1. The molecule has 8 nitrogen and oxygen atoms in total. The Kier molecular flexibility index (Phi) is 5.34. The van der Waals surface area contributed by atoms with Crippen molar-refractivity contribution in [2.45, 2.75) is 32.2 Å². The first-order valence-electron chi connectivity index (χ1n) is 10.8. The number of fused-ring (bicyclic) bond motifs is 1. The second-order valence-electron chi connectivity index (χ2n) is 8.16. The van der Waals surface area contributed by atoms with E-state index in [9.17, 15) is 5.26 Å². The van der Waals surface area contributed by atoms with Gasteiger partial charge < -0.3 is 20.5 Å². The summed E-state index contributed by atoms with van der Waals surface area (Å²) in [5, 5.41) is 11.0. The average Bonchev–Trinajstić information content (AvgIpc) is 3.34. The van der Waals surface area contributed by atoms with Gasteiger partial charge in [-0.1, -0.05) is 24.4 Å². The maximum atomic E-state index is 9.52. The molecule has 1 atom stereocenters. The maximum absolute atomic E-state index is 9.52. The molecule has 2 saturated heterocycles. The molecule has 32 heavy (non-hydrogen) atoms. The van der Waals surface area contributed by atoms with E-state index < -0.39 is 0 Å². The second kappa shape index (κ2) is 8.31. The van der Waals surface area contributed by atoms with Gasteiger partial charge in [0.2, 0.25) is 5.82 Å². The minimum absolute atomic E-state index is 0.110. The molecule has 0 saturated carbocycles. The van der Waals surface area contributed by atoms with Gasteiger partial charge in [-0.05, 0) is 31.2 Å². The molecule has 1 unspecified atom stereocenters. The zero-order valence-corrected chi connectivity index (χ0v) is 18.6. The number of aromatic nitrogens is 4. The molecule has 2 fully saturated rings. The van der Waals surface area contributed by atoms with Crippen molar-refractivity contribution in [3.63, 3.8) is 0 Å². The number of H-pyrrole nitrogens is 1. The fourth-order valence-electron chi connectivity index (χ4n) is 4.11. The van der Waals surface area contributed by atoms with Gasteiger partial charge in [-0.25, -0.2) is 15.0 Å². The average molecular weight is 447 g/mol. The molecule has 3 N–H and O–H groups in total. The van der Waals surface area contributed by atoms with E-state index in [2.05, 4.69) is 42.7 Å². The summed E-state index contributed by atoms with van der Waals surface area (Å²) in [6.45, 7) is 5.44. The summed E-state index contributed by atoms with van der Waals surface area (Å²) < 4.78 is 0. The molecule has 0 amide bonds. The summed E-state index contributed by atoms with van der Waals surface area (Å²) in [5.41, 5.74) is 8.91. The van der Waals surface area contributed by atoms with Crippen molar-refractivity contribution in [1.82, 2.24) is 19.9 Å². The van der Waals surface area contributed by atoms with Gasteiger partial charge in [0.25, 0.3) is 0 Å². The minimum atomic E-state index is 0.110. The summed E-state index contributed by atoms with van der Waals surface area (Å²) >= 11 is 6.64. The number of hydrogen-bond acceptors (Lipinski definition) is 7. The number of aromatic amines is 1. The smallest absolute Gasteiger partial charge is 0.209 e. The van der Waals surface area contributed by atoms with Crippen LogP contribution in [-0.4, -0.2) is 52.2 Å². The first kappa shape index (κ1) is 20.6. The molecule has 2 aliphatic rings. The first-order valence-corrected chi connectivity index (χ1v) is 11.2. The van der Waals surface area contributed by atoms with E-state index in [1.54, 1.807) is 12.3 Å². The number of halogens is 1. The van der Waals surface area contributed by atoms with E-state index in [0.717, 1.165) is 68.2 Å². The van der Waals surface area contributed by atoms with Crippen molar-refractivity contribution in [2.75, 3.05) is 36.0 Å². The normalized spacial score (nSPS) is 17.8. The number of nitriles is 1. The third kappa shape index (κ3) is 3.62. The molecule has 0 bridgehead atoms. The largest absolute Gasteiger partial charge is 0.355 e. The van der Waals surface area contributed by atoms with Gasteiger partial charge in [0.1, 0.15) is 23.4 Å². The van der Waals surface area contributed by atoms with E-state index in [4.69, 9.17) is 22.3 Å². The lowest BCUT2D eigenvalue weighted by molar-refractivity contribution is 0.609. The Morgan fingerprint density at radius 1 is 1.22 bits per heavy atom. The van der Waals surface area contributed by atoms with Crippen LogP contribution in [0.25, 0.3) is 11.0 Å². The number of pyridine rings is 1. The van der Waals surface area contributed by atoms with E-state index in [0.29, 0.717) is 27.6 Å². The van der Waals surface area contributed by atoms with Crippen LogP contribution in [0.5, 0.6) is 0 Å². The number of aryl methyl sites for hydroxylation is 1. The fourth-order valence-corrected chi connectivity index (χ4v) is 4.47. The summed E-state index contributed by atoms with van der Waals surface area (Å²) in [5.74, 6) is 7.99. The van der Waals surface area contributed by atoms with Crippen LogP contribution >= 0.6 is 11.6 Å². The summed E-state index contributed by atoms with van der Waals surface area (Å²) in [6, 6.07) is 4.11. The summed E-state index contributed by atoms with van der Waals surface area (Å²) in [4.78, 5) is 21.4. The molecule has 5 heterocycles. The molecule has 9 heteroatoms. The van der Waals surface area contributed by atoms with E-state index in [-0.39, 0.29) is 6.04 Å². The van der Waals surface area contributed by atoms with Gasteiger partial charge in [-0.3, -0.25) is 0 Å². The SMILES string of the molecule is CCc1[nH]c2nc(C#Cc3cnc(N4CCC4)c(C#N)c3)nc(N3CCC(N)C3)c2c1Cl. The number of rotatable bonds is 3. The van der Waals surface area contributed by atoms with Crippen molar-refractivity contribution in [3.05, 3.63) is 39.9 Å². The molecule has 2 aliphatic heterocycles. The second-order valence-corrected chi connectivity index (χ2v) is 8.54. The van der Waals surface area contributed by atoms with Crippen LogP contribution in [0.4, 0.5) is 11.6 Å². The highest BCUT2D eigenvalue weighted by Gasteiger charge is 2.26. The number of anilines is 2. The van der Waals surface area contributed by atoms with E-state index >= 15 is 0 Å². The van der Waals surface area contributed by atoms with Crippen molar-refractivity contribution in [3.8, 4) is 17.9 Å². The van der Waals surface area contributed by atoms with Crippen LogP contribution in [-0.2, 0) is 6.42 Å². The lowest BCUT2D eigenvalue weighted by Crippen LogP contribution is -2.38. The molecule has 0 radical (unpaired) electrons. The third-order valence-corrected chi connectivity index (χ3v) is 6.40. The molecule has 3 aromatic rings. The number of nitrogens with one attached hydrogen (secondary N) is 1. The molecular formula is C23H23ClN8. The molecular weight excluding hydrogens is 424 g/mol. The third-order valence-electron chi connectivity index (χ3n) is 5.98. The quantitative estimate of drug-likeness (QED) is 0.595. The van der Waals surface area contributed by atoms with E-state index in [1.807, 2.05) is 6.92 Å². The van der Waals surface area contributed by atoms with Gasteiger partial charge in [0.05, 0.1) is 16.0 Å². The predicted octanol–water partition coefficient (Wildman–Crippen LogP) is 2.59. The molecule has 0 aliphatic carbocycles. The first-order chi connectivity index (χ1) is 15.6. The molecule has 0 aromatic carbocycles. The molecule has 3 aromatic heterocycles. The van der Waals surface area contributed by atoms with Crippen molar-refractivity contribution < 1.29 is 0 Å². The number of hydrogen-bond donors (Lipinski definition) is 2. The maximum Gasteiger partial charge on any atom is 0.209 e. The Hall–Kier alpha value is -3.33. The van der Waals surface area contributed by atoms with Crippen LogP contribution in [0.1, 0.15) is 42.4 Å². The van der Waals surface area contributed by atoms with Gasteiger partial charge in [0, 0.05) is 49.7 Å². The summed E-state index contributed by atoms with van der Waals surface area (Å²) in [6.07, 6.45) is 4.49. The molecule has 5 rings (SSSR count). The lowest BCUT2D eigenvalue weighted by Gasteiger charge is -2.32. The van der Waals surface area contributed by atoms with Crippen LogP contribution in [0, 0.1) is 23.2 Å². The Labute approximate surface area is 191 Å². The lowest BCUT2D eigenvalue weighted by atomic mass is 10.1. The van der Waals surface area contributed by atoms with E-state index in [1.165, 1.54) is 0 Å². The van der Waals surface area contributed by atoms with Crippen LogP contribution in [0.2, 0.25) is 5.02 Å². The topological polar surface area (TPSA) is 111 Å². The standard InChI is InChI=1S/C23H23ClN8/c1-2-17-20(24)19-21(28-17)29-18(30-23(19)32-9-6-16(26)13-32)5-4-14-10-15(11-25)22(27-12-14)31-7-3-8-31/h10,12,16H,2-3,6-9,13,26H2,1H3,(H,28,29,30). The zero-order chi connectivity index (χ0) is 22.2. The van der Waals surface area contributed by atoms with Crippen molar-refractivity contribution >= 4 is 34.3 Å². The summed E-state index contributed by atoms with van der Waals surface area (Å²) in [7, 11) is 0. The molecule has 0 spiro atoms. The van der Waals surface area contributed by atoms with Crippen LogP contribution in [0.3, 0.4) is 0 Å². The predicted molar refractivity (Wildman–Crippen MR) is 125 cm³/mol. The Morgan fingerprint density at radius 3 is 2.72 bits per heavy atom. The highest BCUT2D eigenvalue weighted by atomic mass is 35.5. The minimum Gasteiger partial charge on any atom is -0.355 e. The van der Waals surface area contributed by atoms with Crippen LogP contribution < -0.4 is 15.5 Å². The van der Waals surface area contributed by atoms with Crippen molar-refractivity contribution in [1.29, 1.82) is 5.26 Å². The van der Waals surface area contributed by atoms with Gasteiger partial charge in [-0.15, -0.1) is 0 Å². The monoisotopic (exact) mass is 446 g/mol. The van der Waals surface area contributed by atoms with Crippen molar-refractivity contribution in [2.24, 2.45) is 5.73 Å².